The minimum absolute atomic E-state index is 0.683. The summed E-state index contributed by atoms with van der Waals surface area (Å²) in [5.74, 6) is 0. The minimum atomic E-state index is 0.683. The molecule has 0 aromatic heterocycles. The Balaban J connectivity index is 2.91. The van der Waals surface area contributed by atoms with E-state index in [0.717, 1.165) is 6.54 Å². The van der Waals surface area contributed by atoms with E-state index < -0.39 is 0 Å². The second kappa shape index (κ2) is 6.33. The van der Waals surface area contributed by atoms with Gasteiger partial charge in [0.25, 0.3) is 0 Å². The van der Waals surface area contributed by atoms with Crippen molar-refractivity contribution in [2.45, 2.75) is 0 Å². The van der Waals surface area contributed by atoms with Crippen molar-refractivity contribution in [2.75, 3.05) is 13.1 Å². The normalized spacial score (nSPS) is 10.1. The van der Waals surface area contributed by atoms with Crippen LogP contribution >= 0.6 is 0 Å². The maximum absolute atomic E-state index is 6.58. The third kappa shape index (κ3) is 5.33. The number of rotatable bonds is 4. The van der Waals surface area contributed by atoms with Crippen LogP contribution in [0.1, 0.15) is 0 Å². The van der Waals surface area contributed by atoms with Crippen molar-refractivity contribution in [3.05, 3.63) is 12.3 Å². The van der Waals surface area contributed by atoms with Gasteiger partial charge in [0.05, 0.1) is 12.7 Å². The first kappa shape index (κ1) is 7.33. The predicted molar refractivity (Wildman–Crippen MR) is 33.8 cm³/mol. The molecular weight excluding hydrogens is 102 g/mol. The molecule has 0 unspecified atom stereocenters. The number of hydrogen-bond acceptors (Lipinski definition) is 2. The Bertz CT molecular complexity index is 77.7. The summed E-state index contributed by atoms with van der Waals surface area (Å²) >= 11 is 0. The number of nitrogens with two attached hydrogens (primary N) is 2. The molecule has 0 radical (unpaired) electrons. The lowest BCUT2D eigenvalue weighted by Gasteiger charge is -1.85. The minimum Gasteiger partial charge on any atom is -0.326 e. The summed E-state index contributed by atoms with van der Waals surface area (Å²) in [6.45, 7) is 1.58. The highest BCUT2D eigenvalue weighted by Crippen LogP contribution is 1.46. The molecule has 46 valence electrons. The number of allylic oxidation sites excluding steroid dienone is 1. The fourth-order valence-electron chi connectivity index (χ4n) is 0.327. The molecule has 0 aromatic rings. The lowest BCUT2D eigenvalue weighted by Crippen LogP contribution is -2.79. The zero-order valence-corrected chi connectivity index (χ0v) is 4.80. The predicted octanol–water partition coefficient (Wildman–Crippen LogP) is -1.33. The van der Waals surface area contributed by atoms with E-state index in [-0.39, 0.29) is 0 Å². The van der Waals surface area contributed by atoms with Gasteiger partial charge in [0.15, 0.2) is 0 Å². The van der Waals surface area contributed by atoms with E-state index >= 15 is 0 Å². The van der Waals surface area contributed by atoms with Gasteiger partial charge < -0.3 is 16.5 Å². The van der Waals surface area contributed by atoms with Crippen molar-refractivity contribution in [1.82, 2.24) is 0 Å². The highest BCUT2D eigenvalue weighted by Gasteiger charge is 1.75. The number of nitrogens with one attached hydrogen (secondary N) is 1. The van der Waals surface area contributed by atoms with Crippen LogP contribution in [-0.2, 0) is 0 Å². The van der Waals surface area contributed by atoms with Crippen molar-refractivity contribution in [2.24, 2.45) is 5.73 Å². The van der Waals surface area contributed by atoms with Crippen molar-refractivity contribution < 1.29 is 5.32 Å². The van der Waals surface area contributed by atoms with Crippen LogP contribution in [0.4, 0.5) is 0 Å². The molecule has 5 N–H and O–H groups in total. The van der Waals surface area contributed by atoms with Gasteiger partial charge in [-0.1, -0.05) is 0 Å². The lowest BCUT2D eigenvalue weighted by molar-refractivity contribution is -0.585. The smallest absolute Gasteiger partial charge is 0.0941 e. The van der Waals surface area contributed by atoms with Crippen LogP contribution in [0.2, 0.25) is 0 Å². The Kier molecular flexibility index (Phi) is 5.80. The molecule has 0 amide bonds. The molecule has 0 aliphatic heterocycles. The first-order valence-corrected chi connectivity index (χ1v) is 2.61. The van der Waals surface area contributed by atoms with E-state index in [2.05, 4.69) is 0 Å². The van der Waals surface area contributed by atoms with Crippen LogP contribution in [0.3, 0.4) is 0 Å². The van der Waals surface area contributed by atoms with Crippen LogP contribution in [0, 0.1) is 5.41 Å². The average molecular weight is 114 g/mol. The monoisotopic (exact) mass is 114 g/mol. The SMILES string of the molecule is N=C/C=C\[NH2+]CCN. The number of quaternary nitrogens is 1. The molecule has 0 rings (SSSR count). The third-order valence-electron chi connectivity index (χ3n) is 0.677. The first-order chi connectivity index (χ1) is 3.91. The van der Waals surface area contributed by atoms with Gasteiger partial charge in [-0.05, 0) is 0 Å². The Morgan fingerprint density at radius 2 is 2.38 bits per heavy atom. The van der Waals surface area contributed by atoms with Crippen LogP contribution in [0.5, 0.6) is 0 Å². The quantitative estimate of drug-likeness (QED) is 0.308. The van der Waals surface area contributed by atoms with E-state index in [1.807, 2.05) is 11.5 Å². The van der Waals surface area contributed by atoms with Crippen LogP contribution in [0.25, 0.3) is 0 Å². The molecule has 3 heteroatoms. The molecule has 0 aromatic carbocycles. The molecule has 3 nitrogen and oxygen atoms in total. The van der Waals surface area contributed by atoms with Crippen LogP contribution in [0.15, 0.2) is 12.3 Å². The summed E-state index contributed by atoms with van der Waals surface area (Å²) in [6, 6.07) is 0. The van der Waals surface area contributed by atoms with E-state index in [1.165, 1.54) is 6.21 Å². The standard InChI is InChI=1S/C5H11N3/c6-2-1-4-8-5-3-7/h1-2,4,6,8H,3,5,7H2/p+1/b4-1-,6-2?. The first-order valence-electron chi connectivity index (χ1n) is 2.61. The Labute approximate surface area is 49.1 Å². The van der Waals surface area contributed by atoms with Gasteiger partial charge >= 0.3 is 0 Å². The highest BCUT2D eigenvalue weighted by molar-refractivity contribution is 5.66. The lowest BCUT2D eigenvalue weighted by atomic mass is 10.6. The molecule has 0 fully saturated rings. The molecule has 0 bridgehead atoms. The van der Waals surface area contributed by atoms with Gasteiger partial charge in [0, 0.05) is 18.8 Å². The zero-order valence-electron chi connectivity index (χ0n) is 4.80. The van der Waals surface area contributed by atoms with E-state index in [1.54, 1.807) is 6.08 Å². The molecule has 8 heavy (non-hydrogen) atoms. The van der Waals surface area contributed by atoms with E-state index in [0.29, 0.717) is 6.54 Å². The highest BCUT2D eigenvalue weighted by atomic mass is 14.8. The van der Waals surface area contributed by atoms with Crippen molar-refractivity contribution in [3.8, 4) is 0 Å². The molecule has 0 aliphatic rings. The van der Waals surface area contributed by atoms with Crippen LogP contribution < -0.4 is 11.1 Å². The van der Waals surface area contributed by atoms with Gasteiger partial charge in [0.1, 0.15) is 0 Å². The van der Waals surface area contributed by atoms with E-state index in [9.17, 15) is 0 Å². The maximum Gasteiger partial charge on any atom is 0.0941 e. The van der Waals surface area contributed by atoms with Gasteiger partial charge in [-0.3, -0.25) is 0 Å². The summed E-state index contributed by atoms with van der Waals surface area (Å²) in [4.78, 5) is 0. The summed E-state index contributed by atoms with van der Waals surface area (Å²) in [7, 11) is 0. The second-order valence-corrected chi connectivity index (χ2v) is 1.36. The fraction of sp³-hybridized carbons (Fsp3) is 0.400. The molecule has 0 heterocycles. The van der Waals surface area contributed by atoms with Gasteiger partial charge in [-0.15, -0.1) is 0 Å². The van der Waals surface area contributed by atoms with Crippen molar-refractivity contribution >= 4 is 6.21 Å². The maximum atomic E-state index is 6.58. The Hall–Kier alpha value is -0.670. The summed E-state index contributed by atoms with van der Waals surface area (Å²) in [6.07, 6.45) is 4.72. The summed E-state index contributed by atoms with van der Waals surface area (Å²) in [5.41, 5.74) is 5.19. The summed E-state index contributed by atoms with van der Waals surface area (Å²) in [5, 5.41) is 8.51. The molecule has 0 saturated carbocycles. The third-order valence-corrected chi connectivity index (χ3v) is 0.677. The second-order valence-electron chi connectivity index (χ2n) is 1.36. The van der Waals surface area contributed by atoms with Crippen LogP contribution in [-0.4, -0.2) is 19.3 Å². The fourth-order valence-corrected chi connectivity index (χ4v) is 0.327. The Morgan fingerprint density at radius 3 is 2.88 bits per heavy atom. The molecule has 0 saturated heterocycles. The molecular formula is C5H12N3+. The largest absolute Gasteiger partial charge is 0.326 e. The average Bonchev–Trinajstić information content (AvgIpc) is 1.81. The van der Waals surface area contributed by atoms with Gasteiger partial charge in [-0.2, -0.15) is 0 Å². The van der Waals surface area contributed by atoms with Crippen molar-refractivity contribution in [1.29, 1.82) is 5.41 Å². The van der Waals surface area contributed by atoms with Crippen molar-refractivity contribution in [3.63, 3.8) is 0 Å². The van der Waals surface area contributed by atoms with Gasteiger partial charge in [0.2, 0.25) is 0 Å². The molecule has 0 aliphatic carbocycles. The summed E-state index contributed by atoms with van der Waals surface area (Å²) < 4.78 is 0. The van der Waals surface area contributed by atoms with Gasteiger partial charge in [-0.25, -0.2) is 0 Å². The molecule has 0 atom stereocenters. The van der Waals surface area contributed by atoms with E-state index in [4.69, 9.17) is 11.1 Å². The zero-order chi connectivity index (χ0) is 6.24. The topological polar surface area (TPSA) is 66.5 Å². The molecule has 0 spiro atoms. The number of hydrogen-bond donors (Lipinski definition) is 3. The Morgan fingerprint density at radius 1 is 1.62 bits per heavy atom.